The molecule has 1 heterocycles. The van der Waals surface area contributed by atoms with Crippen LogP contribution in [0.5, 0.6) is 0 Å². The van der Waals surface area contributed by atoms with Crippen molar-refractivity contribution in [2.45, 2.75) is 0 Å². The van der Waals surface area contributed by atoms with Crippen molar-refractivity contribution in [3.8, 4) is 6.07 Å². The van der Waals surface area contributed by atoms with Gasteiger partial charge in [0.15, 0.2) is 5.78 Å². The van der Waals surface area contributed by atoms with Crippen molar-refractivity contribution >= 4 is 33.5 Å². The standard InChI is InChI=1S/C18H13N3OS/c19-11-14-16(20)15(17(22)12-7-3-1-4-8-12)18(23-14)21-13-9-5-2-6-10-13/h1-10,21H,20H2. The van der Waals surface area contributed by atoms with Gasteiger partial charge in [0.05, 0.1) is 11.3 Å². The van der Waals surface area contributed by atoms with E-state index in [2.05, 4.69) is 5.32 Å². The number of anilines is 3. The van der Waals surface area contributed by atoms with Gasteiger partial charge in [-0.2, -0.15) is 5.26 Å². The lowest BCUT2D eigenvalue weighted by Crippen LogP contribution is -2.06. The molecular weight excluding hydrogens is 306 g/mol. The number of nitrogens with one attached hydrogen (secondary N) is 1. The fourth-order valence-electron chi connectivity index (χ4n) is 2.23. The van der Waals surface area contributed by atoms with E-state index in [1.54, 1.807) is 24.3 Å². The van der Waals surface area contributed by atoms with Crippen molar-refractivity contribution in [3.05, 3.63) is 76.7 Å². The summed E-state index contributed by atoms with van der Waals surface area (Å²) in [7, 11) is 0. The van der Waals surface area contributed by atoms with Crippen LogP contribution in [0.25, 0.3) is 0 Å². The molecule has 0 unspecified atom stereocenters. The van der Waals surface area contributed by atoms with E-state index in [0.717, 1.165) is 5.69 Å². The molecule has 2 aromatic carbocycles. The Balaban J connectivity index is 2.07. The number of carbonyl (C=O) groups is 1. The molecule has 0 spiro atoms. The van der Waals surface area contributed by atoms with E-state index in [4.69, 9.17) is 5.73 Å². The van der Waals surface area contributed by atoms with Gasteiger partial charge in [0.25, 0.3) is 0 Å². The minimum Gasteiger partial charge on any atom is -0.396 e. The summed E-state index contributed by atoms with van der Waals surface area (Å²) >= 11 is 1.19. The molecule has 3 N–H and O–H groups in total. The predicted molar refractivity (Wildman–Crippen MR) is 93.0 cm³/mol. The average molecular weight is 319 g/mol. The highest BCUT2D eigenvalue weighted by atomic mass is 32.1. The van der Waals surface area contributed by atoms with Gasteiger partial charge in [-0.3, -0.25) is 4.79 Å². The number of ketones is 1. The molecule has 0 aliphatic heterocycles. The van der Waals surface area contributed by atoms with Gasteiger partial charge in [0.2, 0.25) is 0 Å². The van der Waals surface area contributed by atoms with Gasteiger partial charge in [-0.15, -0.1) is 11.3 Å². The quantitative estimate of drug-likeness (QED) is 0.707. The van der Waals surface area contributed by atoms with Crippen LogP contribution in [-0.2, 0) is 0 Å². The zero-order chi connectivity index (χ0) is 16.2. The fourth-order valence-corrected chi connectivity index (χ4v) is 3.16. The van der Waals surface area contributed by atoms with Crippen LogP contribution in [0.15, 0.2) is 60.7 Å². The summed E-state index contributed by atoms with van der Waals surface area (Å²) in [6.45, 7) is 0. The zero-order valence-electron chi connectivity index (χ0n) is 12.1. The Bertz CT molecular complexity index is 880. The molecule has 0 radical (unpaired) electrons. The van der Waals surface area contributed by atoms with Gasteiger partial charge in [0, 0.05) is 11.3 Å². The second-order valence-corrected chi connectivity index (χ2v) is 5.87. The fraction of sp³-hybridized carbons (Fsp3) is 0. The minimum absolute atomic E-state index is 0.195. The number of thiophene rings is 1. The average Bonchev–Trinajstić information content (AvgIpc) is 2.91. The number of hydrogen-bond donors (Lipinski definition) is 2. The molecule has 1 aromatic heterocycles. The smallest absolute Gasteiger partial charge is 0.198 e. The topological polar surface area (TPSA) is 78.9 Å². The summed E-state index contributed by atoms with van der Waals surface area (Å²) in [6.07, 6.45) is 0. The maximum absolute atomic E-state index is 12.8. The van der Waals surface area contributed by atoms with Crippen LogP contribution in [-0.4, -0.2) is 5.78 Å². The first-order valence-electron chi connectivity index (χ1n) is 6.95. The van der Waals surface area contributed by atoms with E-state index < -0.39 is 0 Å². The third-order valence-corrected chi connectivity index (χ3v) is 4.37. The van der Waals surface area contributed by atoms with Crippen LogP contribution in [0.2, 0.25) is 0 Å². The van der Waals surface area contributed by atoms with E-state index in [1.165, 1.54) is 11.3 Å². The molecule has 0 amide bonds. The number of carbonyl (C=O) groups excluding carboxylic acids is 1. The first kappa shape index (κ1) is 14.8. The summed E-state index contributed by atoms with van der Waals surface area (Å²) < 4.78 is 0. The molecule has 0 bridgehead atoms. The molecular formula is C18H13N3OS. The summed E-state index contributed by atoms with van der Waals surface area (Å²) in [6, 6.07) is 20.4. The van der Waals surface area contributed by atoms with Crippen LogP contribution >= 0.6 is 11.3 Å². The van der Waals surface area contributed by atoms with Crippen LogP contribution in [0.1, 0.15) is 20.8 Å². The molecule has 5 heteroatoms. The zero-order valence-corrected chi connectivity index (χ0v) is 12.9. The SMILES string of the molecule is N#Cc1sc(Nc2ccccc2)c(C(=O)c2ccccc2)c1N. The summed E-state index contributed by atoms with van der Waals surface area (Å²) in [4.78, 5) is 13.1. The van der Waals surface area contributed by atoms with Gasteiger partial charge in [-0.1, -0.05) is 48.5 Å². The monoisotopic (exact) mass is 319 g/mol. The Morgan fingerprint density at radius 1 is 1.04 bits per heavy atom. The molecule has 23 heavy (non-hydrogen) atoms. The number of nitrogen functional groups attached to an aromatic ring is 1. The number of nitriles is 1. The summed E-state index contributed by atoms with van der Waals surface area (Å²) in [5.41, 5.74) is 7.98. The van der Waals surface area contributed by atoms with Crippen molar-refractivity contribution < 1.29 is 4.79 Å². The molecule has 0 aliphatic rings. The van der Waals surface area contributed by atoms with Crippen LogP contribution < -0.4 is 11.1 Å². The number of benzene rings is 2. The lowest BCUT2D eigenvalue weighted by Gasteiger charge is -2.07. The molecule has 0 fully saturated rings. The highest BCUT2D eigenvalue weighted by Crippen LogP contribution is 2.38. The van der Waals surface area contributed by atoms with E-state index in [-0.39, 0.29) is 11.5 Å². The van der Waals surface area contributed by atoms with Crippen LogP contribution in [0.3, 0.4) is 0 Å². The number of hydrogen-bond acceptors (Lipinski definition) is 5. The van der Waals surface area contributed by atoms with Gasteiger partial charge < -0.3 is 11.1 Å². The summed E-state index contributed by atoms with van der Waals surface area (Å²) in [5.74, 6) is -0.195. The molecule has 3 aromatic rings. The maximum atomic E-state index is 12.8. The Morgan fingerprint density at radius 2 is 1.65 bits per heavy atom. The van der Waals surface area contributed by atoms with Gasteiger partial charge >= 0.3 is 0 Å². The third-order valence-electron chi connectivity index (χ3n) is 3.34. The lowest BCUT2D eigenvalue weighted by molar-refractivity contribution is 0.104. The molecule has 0 atom stereocenters. The Hall–Kier alpha value is -3.10. The number of nitrogens with two attached hydrogens (primary N) is 1. The van der Waals surface area contributed by atoms with E-state index >= 15 is 0 Å². The second kappa shape index (κ2) is 6.34. The van der Waals surface area contributed by atoms with Crippen LogP contribution in [0.4, 0.5) is 16.4 Å². The normalized spacial score (nSPS) is 10.0. The van der Waals surface area contributed by atoms with E-state index in [1.807, 2.05) is 42.5 Å². The summed E-state index contributed by atoms with van der Waals surface area (Å²) in [5, 5.41) is 13.0. The highest BCUT2D eigenvalue weighted by Gasteiger charge is 2.23. The van der Waals surface area contributed by atoms with Crippen LogP contribution in [0, 0.1) is 11.3 Å². The highest BCUT2D eigenvalue weighted by molar-refractivity contribution is 7.17. The number of rotatable bonds is 4. The minimum atomic E-state index is -0.195. The Labute approximate surface area is 137 Å². The Kier molecular flexibility index (Phi) is 4.09. The molecule has 112 valence electrons. The van der Waals surface area contributed by atoms with E-state index in [9.17, 15) is 10.1 Å². The second-order valence-electron chi connectivity index (χ2n) is 4.85. The largest absolute Gasteiger partial charge is 0.396 e. The Morgan fingerprint density at radius 3 is 2.26 bits per heavy atom. The molecule has 0 saturated carbocycles. The molecule has 0 aliphatic carbocycles. The lowest BCUT2D eigenvalue weighted by atomic mass is 10.0. The first-order valence-corrected chi connectivity index (χ1v) is 7.76. The van der Waals surface area contributed by atoms with Crippen molar-refractivity contribution in [2.75, 3.05) is 11.1 Å². The predicted octanol–water partition coefficient (Wildman–Crippen LogP) is 4.18. The van der Waals surface area contributed by atoms with Crippen molar-refractivity contribution in [3.63, 3.8) is 0 Å². The molecule has 3 rings (SSSR count). The van der Waals surface area contributed by atoms with Crippen molar-refractivity contribution in [2.24, 2.45) is 0 Å². The van der Waals surface area contributed by atoms with Gasteiger partial charge in [0.1, 0.15) is 15.9 Å². The number of nitrogens with zero attached hydrogens (tertiary/aromatic N) is 1. The number of para-hydroxylation sites is 1. The van der Waals surface area contributed by atoms with E-state index in [0.29, 0.717) is 21.0 Å². The van der Waals surface area contributed by atoms with Gasteiger partial charge in [-0.05, 0) is 12.1 Å². The molecule has 4 nitrogen and oxygen atoms in total. The van der Waals surface area contributed by atoms with Crippen molar-refractivity contribution in [1.29, 1.82) is 5.26 Å². The first-order chi connectivity index (χ1) is 11.2. The third kappa shape index (κ3) is 2.93. The molecule has 0 saturated heterocycles. The van der Waals surface area contributed by atoms with Crippen molar-refractivity contribution in [1.82, 2.24) is 0 Å². The maximum Gasteiger partial charge on any atom is 0.198 e. The van der Waals surface area contributed by atoms with Gasteiger partial charge in [-0.25, -0.2) is 0 Å².